The van der Waals surface area contributed by atoms with Gasteiger partial charge in [0, 0.05) is 7.11 Å². The monoisotopic (exact) mass is 228 g/mol. The van der Waals surface area contributed by atoms with Crippen molar-refractivity contribution in [3.05, 3.63) is 0 Å². The normalized spacial score (nSPS) is 14.8. The fourth-order valence-corrected chi connectivity index (χ4v) is 1.91. The van der Waals surface area contributed by atoms with E-state index in [0.29, 0.717) is 7.11 Å². The van der Waals surface area contributed by atoms with Gasteiger partial charge in [0.25, 0.3) is 0 Å². The van der Waals surface area contributed by atoms with Crippen LogP contribution in [0.3, 0.4) is 0 Å². The highest BCUT2D eigenvalue weighted by atomic mass is 28.4. The van der Waals surface area contributed by atoms with Gasteiger partial charge in [-0.3, -0.25) is 0 Å². The van der Waals surface area contributed by atoms with Crippen molar-refractivity contribution in [1.29, 1.82) is 0 Å². The van der Waals surface area contributed by atoms with Crippen LogP contribution in [-0.2, 0) is 4.43 Å². The Kier molecular flexibility index (Phi) is 3.39. The quantitative estimate of drug-likeness (QED) is 0.570. The van der Waals surface area contributed by atoms with Crippen LogP contribution in [0, 0.1) is 0 Å². The zero-order valence-corrected chi connectivity index (χ0v) is 7.33. The second kappa shape index (κ2) is 3.46. The molecule has 0 saturated heterocycles. The molecule has 0 spiro atoms. The third kappa shape index (κ3) is 1.97. The van der Waals surface area contributed by atoms with Gasteiger partial charge in [-0.1, -0.05) is 0 Å². The highest BCUT2D eigenvalue weighted by molar-refractivity contribution is 6.77. The van der Waals surface area contributed by atoms with Crippen LogP contribution in [0.15, 0.2) is 0 Å². The molecule has 80 valence electrons. The maximum absolute atomic E-state index is 11.9. The third-order valence-electron chi connectivity index (χ3n) is 1.49. The van der Waals surface area contributed by atoms with Crippen LogP contribution in [0.4, 0.5) is 26.3 Å². The molecule has 1 N–H and O–H groups in total. The van der Waals surface area contributed by atoms with Crippen LogP contribution in [0.1, 0.15) is 0 Å². The number of aliphatic hydroxyl groups is 1. The average Bonchev–Trinajstić information content (AvgIpc) is 1.84. The number of hydrogen-bond donors (Lipinski definition) is 1. The second-order valence-electron chi connectivity index (χ2n) is 2.18. The number of halogens is 6. The minimum absolute atomic E-state index is 0.295. The molecule has 0 aliphatic rings. The molecule has 0 radical (unpaired) electrons. The van der Waals surface area contributed by atoms with Gasteiger partial charge < -0.3 is 9.53 Å². The minimum Gasteiger partial charge on any atom is -0.404 e. The van der Waals surface area contributed by atoms with Gasteiger partial charge in [-0.25, -0.2) is 0 Å². The number of hydrogen-bond acceptors (Lipinski definition) is 2. The molecule has 0 bridgehead atoms. The summed E-state index contributed by atoms with van der Waals surface area (Å²) in [5.41, 5.74) is 0. The first-order valence-electron chi connectivity index (χ1n) is 2.92. The molecule has 0 rings (SSSR count). The minimum atomic E-state index is -6.09. The number of rotatable bonds is 2. The second-order valence-corrected chi connectivity index (χ2v) is 5.70. The van der Waals surface area contributed by atoms with Crippen LogP contribution >= 0.6 is 0 Å². The molecule has 0 atom stereocenters. The van der Waals surface area contributed by atoms with E-state index in [1.807, 2.05) is 0 Å². The summed E-state index contributed by atoms with van der Waals surface area (Å²) in [5, 5.41) is 8.14. The van der Waals surface area contributed by atoms with Crippen molar-refractivity contribution in [2.45, 2.75) is 11.6 Å². The first kappa shape index (κ1) is 12.7. The zero-order chi connectivity index (χ0) is 10.9. The molecule has 0 heterocycles. The summed E-state index contributed by atoms with van der Waals surface area (Å²) in [6.07, 6.45) is -2.06. The van der Waals surface area contributed by atoms with E-state index in [1.54, 1.807) is 0 Å². The summed E-state index contributed by atoms with van der Waals surface area (Å²) in [6, 6.07) is 0. The molecule has 0 aromatic heterocycles. The summed E-state index contributed by atoms with van der Waals surface area (Å²) in [5.74, 6) is -11.1. The SMILES string of the molecule is CO[Si](CO)(C(F)(F)F)C(F)(F)F. The van der Waals surface area contributed by atoms with Gasteiger partial charge in [-0.05, 0) is 0 Å². The lowest BCUT2D eigenvalue weighted by Gasteiger charge is -2.30. The Morgan fingerprint density at radius 3 is 1.38 bits per heavy atom. The summed E-state index contributed by atoms with van der Waals surface area (Å²) in [4.78, 5) is 0. The predicted molar refractivity (Wildman–Crippen MR) is 32.0 cm³/mol. The summed E-state index contributed by atoms with van der Waals surface area (Å²) < 4.78 is 75.0. The Bertz CT molecular complexity index is 154. The van der Waals surface area contributed by atoms with Crippen LogP contribution in [-0.4, -0.2) is 38.4 Å². The van der Waals surface area contributed by atoms with Gasteiger partial charge in [0.2, 0.25) is 0 Å². The Morgan fingerprint density at radius 1 is 1.08 bits per heavy atom. The predicted octanol–water partition coefficient (Wildman–Crippen LogP) is 1.31. The Morgan fingerprint density at radius 2 is 1.38 bits per heavy atom. The van der Waals surface area contributed by atoms with Gasteiger partial charge in [0.15, 0.2) is 0 Å². The first-order chi connectivity index (χ1) is 5.62. The van der Waals surface area contributed by atoms with Crippen molar-refractivity contribution in [3.8, 4) is 0 Å². The van der Waals surface area contributed by atoms with Crippen LogP contribution in [0.5, 0.6) is 0 Å². The van der Waals surface area contributed by atoms with Crippen LogP contribution in [0.25, 0.3) is 0 Å². The van der Waals surface area contributed by atoms with Gasteiger partial charge in [-0.2, -0.15) is 26.3 Å². The van der Waals surface area contributed by atoms with Crippen LogP contribution in [0.2, 0.25) is 0 Å². The smallest absolute Gasteiger partial charge is 0.404 e. The Labute approximate surface area is 70.2 Å². The average molecular weight is 228 g/mol. The highest BCUT2D eigenvalue weighted by Gasteiger charge is 2.76. The topological polar surface area (TPSA) is 29.5 Å². The molecule has 13 heavy (non-hydrogen) atoms. The highest BCUT2D eigenvalue weighted by Crippen LogP contribution is 2.40. The lowest BCUT2D eigenvalue weighted by Crippen LogP contribution is -2.67. The molecule has 2 nitrogen and oxygen atoms in total. The van der Waals surface area contributed by atoms with E-state index in [0.717, 1.165) is 0 Å². The molecule has 0 saturated carbocycles. The fourth-order valence-electron chi connectivity index (χ4n) is 0.636. The molecular weight excluding hydrogens is 222 g/mol. The van der Waals surface area contributed by atoms with E-state index in [-0.39, 0.29) is 0 Å². The van der Waals surface area contributed by atoms with E-state index in [9.17, 15) is 26.3 Å². The first-order valence-corrected chi connectivity index (χ1v) is 5.03. The molecule has 0 aliphatic heterocycles. The molecule has 0 aliphatic carbocycles. The lowest BCUT2D eigenvalue weighted by molar-refractivity contribution is -0.140. The van der Waals surface area contributed by atoms with Crippen molar-refractivity contribution in [3.63, 3.8) is 0 Å². The lowest BCUT2D eigenvalue weighted by atomic mass is 11.5. The summed E-state index contributed by atoms with van der Waals surface area (Å²) >= 11 is 0. The number of aliphatic hydroxyl groups excluding tert-OH is 1. The fraction of sp³-hybridized carbons (Fsp3) is 1.00. The molecule has 0 unspecified atom stereocenters. The maximum atomic E-state index is 11.9. The largest absolute Gasteiger partial charge is 0.458 e. The van der Waals surface area contributed by atoms with E-state index in [1.165, 1.54) is 0 Å². The van der Waals surface area contributed by atoms with Gasteiger partial charge in [0.05, 0.1) is 6.23 Å². The molecule has 9 heteroatoms. The molecule has 0 amide bonds. The summed E-state index contributed by atoms with van der Waals surface area (Å²) in [7, 11) is -5.80. The van der Waals surface area contributed by atoms with Crippen molar-refractivity contribution in [2.75, 3.05) is 13.3 Å². The van der Waals surface area contributed by atoms with Crippen molar-refractivity contribution < 1.29 is 35.9 Å². The number of alkyl halides is 6. The maximum Gasteiger partial charge on any atom is 0.458 e. The molecule has 0 aromatic carbocycles. The third-order valence-corrected chi connectivity index (χ3v) is 4.46. The Hall–Kier alpha value is -0.283. The van der Waals surface area contributed by atoms with Gasteiger partial charge >= 0.3 is 19.9 Å². The van der Waals surface area contributed by atoms with Crippen LogP contribution < -0.4 is 0 Å². The van der Waals surface area contributed by atoms with E-state index in [4.69, 9.17) is 5.11 Å². The van der Waals surface area contributed by atoms with Crippen molar-refractivity contribution >= 4 is 8.32 Å². The van der Waals surface area contributed by atoms with Gasteiger partial charge in [0.1, 0.15) is 0 Å². The van der Waals surface area contributed by atoms with Crippen molar-refractivity contribution in [2.24, 2.45) is 0 Å². The summed E-state index contributed by atoms with van der Waals surface area (Å²) in [6.45, 7) is 0. The van der Waals surface area contributed by atoms with Crippen molar-refractivity contribution in [1.82, 2.24) is 0 Å². The van der Waals surface area contributed by atoms with Gasteiger partial charge in [-0.15, -0.1) is 0 Å². The standard InChI is InChI=1S/C4H6F6O2Si/c1-12-13(2-11,3(5,6)7)4(8,9)10/h11H,2H2,1H3. The molecule has 0 fully saturated rings. The van der Waals surface area contributed by atoms with E-state index < -0.39 is 26.1 Å². The molecule has 0 aromatic rings. The van der Waals surface area contributed by atoms with E-state index in [2.05, 4.69) is 4.43 Å². The Balaban J connectivity index is 5.17. The molecular formula is C4H6F6O2Si. The zero-order valence-electron chi connectivity index (χ0n) is 6.33. The van der Waals surface area contributed by atoms with E-state index >= 15 is 0 Å².